The van der Waals surface area contributed by atoms with Crippen molar-refractivity contribution in [2.24, 2.45) is 0 Å². The van der Waals surface area contributed by atoms with E-state index < -0.39 is 0 Å². The summed E-state index contributed by atoms with van der Waals surface area (Å²) in [6.07, 6.45) is 12.6. The van der Waals surface area contributed by atoms with Crippen molar-refractivity contribution < 1.29 is 4.79 Å². The Hall–Kier alpha value is -0.850. The lowest BCUT2D eigenvalue weighted by atomic mass is 10.4. The Morgan fingerprint density at radius 1 is 0.600 bits per heavy atom. The summed E-state index contributed by atoms with van der Waals surface area (Å²) in [5.41, 5.74) is 0. The summed E-state index contributed by atoms with van der Waals surface area (Å²) in [7, 11) is 0. The van der Waals surface area contributed by atoms with E-state index in [1.807, 2.05) is 65.8 Å². The van der Waals surface area contributed by atoms with E-state index in [0.717, 1.165) is 6.29 Å². The lowest BCUT2D eigenvalue weighted by Crippen LogP contribution is -1.47. The van der Waals surface area contributed by atoms with E-state index in [-0.39, 0.29) is 0 Å². The van der Waals surface area contributed by atoms with Crippen molar-refractivity contribution in [3.63, 3.8) is 0 Å². The van der Waals surface area contributed by atoms with Gasteiger partial charge in [0.1, 0.15) is 6.29 Å². The van der Waals surface area contributed by atoms with Crippen LogP contribution in [0.25, 0.3) is 0 Å². The first-order chi connectivity index (χ1) is 9.57. The van der Waals surface area contributed by atoms with E-state index in [4.69, 9.17) is 4.79 Å². The fraction of sp³-hybridized carbons (Fsp3) is 0.737. The van der Waals surface area contributed by atoms with Crippen LogP contribution in [0, 0.1) is 0 Å². The van der Waals surface area contributed by atoms with Crippen LogP contribution in [0.2, 0.25) is 0 Å². The van der Waals surface area contributed by atoms with Crippen molar-refractivity contribution in [3.8, 4) is 0 Å². The molecule has 0 bridgehead atoms. The summed E-state index contributed by atoms with van der Waals surface area (Å²) < 4.78 is 0. The SMILES string of the molecule is CC.CC=CC.CC=CC.CC=O.CCC.CCCC. The van der Waals surface area contributed by atoms with Gasteiger partial charge in [0.05, 0.1) is 0 Å². The van der Waals surface area contributed by atoms with Gasteiger partial charge < -0.3 is 4.79 Å². The molecule has 0 saturated heterocycles. The molecule has 0 atom stereocenters. The normalized spacial score (nSPS) is 7.15. The zero-order valence-corrected chi connectivity index (χ0v) is 16.4. The predicted molar refractivity (Wildman–Crippen MR) is 101 cm³/mol. The third kappa shape index (κ3) is 968. The van der Waals surface area contributed by atoms with Crippen LogP contribution in [0.1, 0.15) is 95.4 Å². The Morgan fingerprint density at radius 3 is 0.700 bits per heavy atom. The number of aldehydes is 1. The number of allylic oxidation sites excluding steroid dienone is 4. The Balaban J connectivity index is -0.0000000299. The lowest BCUT2D eigenvalue weighted by Gasteiger charge is -1.68. The molecule has 0 aromatic carbocycles. The molecule has 0 aliphatic carbocycles. The third-order valence-electron chi connectivity index (χ3n) is 1.17. The quantitative estimate of drug-likeness (QED) is 0.358. The van der Waals surface area contributed by atoms with E-state index in [1.165, 1.54) is 26.2 Å². The molecule has 0 N–H and O–H groups in total. The van der Waals surface area contributed by atoms with Crippen LogP contribution >= 0.6 is 0 Å². The summed E-state index contributed by atoms with van der Waals surface area (Å²) in [5.74, 6) is 0. The molecule has 126 valence electrons. The molecular weight excluding hydrogens is 244 g/mol. The second-order valence-electron chi connectivity index (χ2n) is 3.28. The largest absolute Gasteiger partial charge is 0.304 e. The van der Waals surface area contributed by atoms with Gasteiger partial charge in [0, 0.05) is 0 Å². The summed E-state index contributed by atoms with van der Waals surface area (Å²) in [5, 5.41) is 0. The molecule has 0 aliphatic rings. The zero-order chi connectivity index (χ0) is 17.7. The first-order valence-corrected chi connectivity index (χ1v) is 8.12. The van der Waals surface area contributed by atoms with E-state index in [1.54, 1.807) is 0 Å². The van der Waals surface area contributed by atoms with Crippen LogP contribution in [-0.4, -0.2) is 6.29 Å². The Kier molecular flexibility index (Phi) is 190. The molecule has 1 nitrogen and oxygen atoms in total. The number of carbonyl (C=O) groups excluding carboxylic acids is 1. The van der Waals surface area contributed by atoms with Gasteiger partial charge in [-0.05, 0) is 34.6 Å². The molecule has 1 heteroatoms. The summed E-state index contributed by atoms with van der Waals surface area (Å²) in [6.45, 7) is 22.1. The van der Waals surface area contributed by atoms with Crippen molar-refractivity contribution in [1.29, 1.82) is 0 Å². The standard InChI is InChI=1S/C4H10.2C4H8.C3H8.C2H4O.C2H6/c3*1-3-4-2;1-3-2;1-2-3;1-2/h3-4H2,1-2H3;2*3-4H,1-2H3;3H2,1-2H3;2H,1H3;1-2H3. The molecule has 0 spiro atoms. The van der Waals surface area contributed by atoms with E-state index in [2.05, 4.69) is 27.7 Å². The van der Waals surface area contributed by atoms with Gasteiger partial charge >= 0.3 is 0 Å². The molecule has 0 fully saturated rings. The van der Waals surface area contributed by atoms with Gasteiger partial charge in [0.25, 0.3) is 0 Å². The van der Waals surface area contributed by atoms with Crippen LogP contribution in [0.15, 0.2) is 24.3 Å². The van der Waals surface area contributed by atoms with Gasteiger partial charge in [-0.1, -0.05) is 85.1 Å². The molecule has 0 aliphatic heterocycles. The zero-order valence-electron chi connectivity index (χ0n) is 16.4. The van der Waals surface area contributed by atoms with Crippen LogP contribution in [0.5, 0.6) is 0 Å². The van der Waals surface area contributed by atoms with Crippen molar-refractivity contribution in [3.05, 3.63) is 24.3 Å². The molecule has 20 heavy (non-hydrogen) atoms. The molecule has 0 radical (unpaired) electrons. The highest BCUT2D eigenvalue weighted by Crippen LogP contribution is 1.76. The summed E-state index contributed by atoms with van der Waals surface area (Å²) >= 11 is 0. The number of carbonyl (C=O) groups is 1. The Bertz CT molecular complexity index is 104. The lowest BCUT2D eigenvalue weighted by molar-refractivity contribution is -0.106. The minimum atomic E-state index is 0.750. The fourth-order valence-electron chi connectivity index (χ4n) is 0. The number of rotatable bonds is 1. The topological polar surface area (TPSA) is 17.1 Å². The van der Waals surface area contributed by atoms with Gasteiger partial charge in [0.2, 0.25) is 0 Å². The molecule has 0 rings (SSSR count). The molecule has 0 aromatic rings. The first-order valence-electron chi connectivity index (χ1n) is 8.12. The molecule has 0 saturated carbocycles. The van der Waals surface area contributed by atoms with Crippen LogP contribution < -0.4 is 0 Å². The van der Waals surface area contributed by atoms with Gasteiger partial charge in [-0.3, -0.25) is 0 Å². The van der Waals surface area contributed by atoms with Gasteiger partial charge in [-0.15, -0.1) is 0 Å². The highest BCUT2D eigenvalue weighted by molar-refractivity contribution is 5.44. The minimum absolute atomic E-state index is 0.750. The van der Waals surface area contributed by atoms with Gasteiger partial charge in [-0.25, -0.2) is 0 Å². The molecule has 0 aromatic heterocycles. The van der Waals surface area contributed by atoms with Crippen molar-refractivity contribution in [2.75, 3.05) is 0 Å². The first kappa shape index (κ1) is 36.5. The van der Waals surface area contributed by atoms with Crippen LogP contribution in [0.4, 0.5) is 0 Å². The monoisotopic (exact) mass is 288 g/mol. The second-order valence-corrected chi connectivity index (χ2v) is 3.28. The number of hydrogen-bond donors (Lipinski definition) is 0. The highest BCUT2D eigenvalue weighted by atomic mass is 16.1. The van der Waals surface area contributed by atoms with E-state index in [9.17, 15) is 0 Å². The molecule has 0 unspecified atom stereocenters. The van der Waals surface area contributed by atoms with Crippen molar-refractivity contribution >= 4 is 6.29 Å². The Labute approximate surface area is 131 Å². The predicted octanol–water partition coefficient (Wildman–Crippen LogP) is 7.62. The van der Waals surface area contributed by atoms with E-state index >= 15 is 0 Å². The highest BCUT2D eigenvalue weighted by Gasteiger charge is 1.56. The van der Waals surface area contributed by atoms with Crippen LogP contribution in [-0.2, 0) is 4.79 Å². The maximum absolute atomic E-state index is 8.81. The number of hydrogen-bond acceptors (Lipinski definition) is 1. The summed E-state index contributed by atoms with van der Waals surface area (Å²) in [6, 6.07) is 0. The maximum Gasteiger partial charge on any atom is 0.116 e. The molecule has 0 heterocycles. The maximum atomic E-state index is 8.81. The average molecular weight is 289 g/mol. The van der Waals surface area contributed by atoms with Crippen molar-refractivity contribution in [1.82, 2.24) is 0 Å². The molecule has 0 amide bonds. The third-order valence-corrected chi connectivity index (χ3v) is 1.17. The number of unbranched alkanes of at least 4 members (excludes halogenated alkanes) is 1. The van der Waals surface area contributed by atoms with Gasteiger partial charge in [-0.2, -0.15) is 0 Å². The van der Waals surface area contributed by atoms with Gasteiger partial charge in [0.15, 0.2) is 0 Å². The van der Waals surface area contributed by atoms with Crippen LogP contribution in [0.3, 0.4) is 0 Å². The van der Waals surface area contributed by atoms with Crippen molar-refractivity contribution in [2.45, 2.75) is 95.4 Å². The minimum Gasteiger partial charge on any atom is -0.304 e. The molecular formula is C19H44O. The second kappa shape index (κ2) is 104. The average Bonchev–Trinajstić information content (AvgIpc) is 2.51. The van der Waals surface area contributed by atoms with E-state index in [0.29, 0.717) is 0 Å². The fourth-order valence-corrected chi connectivity index (χ4v) is 0. The smallest absolute Gasteiger partial charge is 0.116 e. The summed E-state index contributed by atoms with van der Waals surface area (Å²) in [4.78, 5) is 8.81. The Morgan fingerprint density at radius 2 is 0.700 bits per heavy atom.